The number of aliphatic hydroxyl groups excluding tert-OH is 2. The fourth-order valence-corrected chi connectivity index (χ4v) is 1.10. The second-order valence-corrected chi connectivity index (χ2v) is 5.32. The van der Waals surface area contributed by atoms with Crippen LogP contribution in [0.1, 0.15) is 13.8 Å². The van der Waals surface area contributed by atoms with Crippen LogP contribution in [0.15, 0.2) is 0 Å². The van der Waals surface area contributed by atoms with Gasteiger partial charge in [-0.15, -0.1) is 0 Å². The van der Waals surface area contributed by atoms with E-state index >= 15 is 0 Å². The normalized spacial score (nSPS) is 17.4. The lowest BCUT2D eigenvalue weighted by Gasteiger charge is -2.34. The molecule has 2 nitrogen and oxygen atoms in total. The van der Waals surface area contributed by atoms with Crippen LogP contribution in [-0.4, -0.2) is 64.4 Å². The second-order valence-electron chi connectivity index (χ2n) is 5.32. The van der Waals surface area contributed by atoms with E-state index in [1.807, 2.05) is 0 Å². The molecule has 0 spiro atoms. The van der Waals surface area contributed by atoms with Crippen molar-refractivity contribution in [1.82, 2.24) is 0 Å². The summed E-state index contributed by atoms with van der Waals surface area (Å²) in [5.74, 6) is -31.3. The van der Waals surface area contributed by atoms with E-state index in [1.165, 1.54) is 0 Å². The first-order valence-electron chi connectivity index (χ1n) is 6.52. The first-order valence-corrected chi connectivity index (χ1v) is 6.52. The lowest BCUT2D eigenvalue weighted by molar-refractivity contribution is -0.404. The molecule has 0 fully saturated rings. The van der Waals surface area contributed by atoms with Gasteiger partial charge in [0.25, 0.3) is 0 Å². The van der Waals surface area contributed by atoms with E-state index in [-0.39, 0.29) is 13.8 Å². The van der Waals surface area contributed by atoms with Crippen molar-refractivity contribution in [3.63, 3.8) is 0 Å². The Morgan fingerprint density at radius 3 is 0.759 bits per heavy atom. The molecule has 0 radical (unpaired) electrons. The number of rotatable bonds is 5. The van der Waals surface area contributed by atoms with E-state index < -0.39 is 54.2 Å². The Bertz CT molecular complexity index is 530. The fourth-order valence-electron chi connectivity index (χ4n) is 1.10. The minimum Gasteiger partial charge on any atom is -0.387 e. The van der Waals surface area contributed by atoms with Crippen LogP contribution in [0.25, 0.3) is 0 Å². The lowest BCUT2D eigenvalue weighted by Crippen LogP contribution is -2.63. The highest BCUT2D eigenvalue weighted by atomic mass is 19.4. The molecule has 178 valence electrons. The maximum Gasteiger partial charge on any atom is 0.460 e. The molecule has 0 rings (SSSR count). The number of alkyl halides is 16. The summed E-state index contributed by atoms with van der Waals surface area (Å²) in [7, 11) is 0. The molecule has 0 aromatic rings. The Labute approximate surface area is 150 Å². The van der Waals surface area contributed by atoms with Crippen molar-refractivity contribution in [2.24, 2.45) is 0 Å². The van der Waals surface area contributed by atoms with Gasteiger partial charge in [-0.25, -0.2) is 0 Å². The molecule has 0 aliphatic carbocycles. The number of hydrogen-bond donors (Lipinski definition) is 2. The third-order valence-corrected chi connectivity index (χ3v) is 2.99. The Balaban J connectivity index is 0. The standard InChI is InChI=1S/C6H5F9O.C5H5F7O/c1-2(16)3(7,8)4(9,10)5(11,12)6(13,14)15;1-2(13)3(6,7)4(8,9)5(10,11)12/h2,16H,1H3;2,13H,1H3. The van der Waals surface area contributed by atoms with E-state index in [0.29, 0.717) is 0 Å². The zero-order valence-corrected chi connectivity index (χ0v) is 13.6. The second kappa shape index (κ2) is 8.14. The van der Waals surface area contributed by atoms with Crippen molar-refractivity contribution >= 4 is 0 Å². The van der Waals surface area contributed by atoms with E-state index in [4.69, 9.17) is 10.2 Å². The summed E-state index contributed by atoms with van der Waals surface area (Å²) in [6.45, 7) is 0.125. The maximum atomic E-state index is 12.4. The summed E-state index contributed by atoms with van der Waals surface area (Å²) in [5, 5.41) is 16.2. The molecular formula is C11H10F16O2. The molecular weight excluding hydrogens is 468 g/mol. The van der Waals surface area contributed by atoms with Crippen molar-refractivity contribution < 1.29 is 80.5 Å². The molecule has 0 aliphatic heterocycles. The van der Waals surface area contributed by atoms with Gasteiger partial charge in [0, 0.05) is 0 Å². The van der Waals surface area contributed by atoms with E-state index in [2.05, 4.69) is 0 Å². The summed E-state index contributed by atoms with van der Waals surface area (Å²) >= 11 is 0. The molecule has 0 aliphatic rings. The lowest BCUT2D eigenvalue weighted by atomic mass is 10.00. The highest BCUT2D eigenvalue weighted by molar-refractivity contribution is 5.02. The monoisotopic (exact) mass is 478 g/mol. The van der Waals surface area contributed by atoms with Crippen LogP contribution in [0.5, 0.6) is 0 Å². The zero-order valence-electron chi connectivity index (χ0n) is 13.6. The summed E-state index contributed by atoms with van der Waals surface area (Å²) in [5.41, 5.74) is 0. The topological polar surface area (TPSA) is 40.5 Å². The highest BCUT2D eigenvalue weighted by Gasteiger charge is 2.82. The van der Waals surface area contributed by atoms with Crippen LogP contribution in [0.3, 0.4) is 0 Å². The van der Waals surface area contributed by atoms with Crippen molar-refractivity contribution in [3.8, 4) is 0 Å². The van der Waals surface area contributed by atoms with Gasteiger partial charge in [-0.1, -0.05) is 0 Å². The number of hydrogen-bond acceptors (Lipinski definition) is 2. The Hall–Kier alpha value is -1.20. The Morgan fingerprint density at radius 2 is 0.621 bits per heavy atom. The smallest absolute Gasteiger partial charge is 0.387 e. The third kappa shape index (κ3) is 5.29. The molecule has 0 saturated heterocycles. The average molecular weight is 478 g/mol. The minimum absolute atomic E-state index is 0.0274. The predicted molar refractivity (Wildman–Crippen MR) is 60.2 cm³/mol. The van der Waals surface area contributed by atoms with Gasteiger partial charge in [-0.05, 0) is 13.8 Å². The van der Waals surface area contributed by atoms with E-state index in [0.717, 1.165) is 0 Å². The first kappa shape index (κ1) is 30.0. The van der Waals surface area contributed by atoms with Crippen LogP contribution < -0.4 is 0 Å². The van der Waals surface area contributed by atoms with Crippen molar-refractivity contribution in [2.75, 3.05) is 0 Å². The predicted octanol–water partition coefficient (Wildman–Crippen LogP) is 5.04. The van der Waals surface area contributed by atoms with E-state index in [9.17, 15) is 70.2 Å². The number of aliphatic hydroxyl groups is 2. The summed E-state index contributed by atoms with van der Waals surface area (Å²) in [6.07, 6.45) is -19.7. The summed E-state index contributed by atoms with van der Waals surface area (Å²) < 4.78 is 190. The SMILES string of the molecule is CC(O)C(F)(F)C(F)(F)C(F)(F)C(F)(F)F.CC(O)C(F)(F)C(F)(F)C(F)(F)F. The highest BCUT2D eigenvalue weighted by Crippen LogP contribution is 2.54. The number of halogens is 16. The molecule has 0 aromatic heterocycles. The first-order chi connectivity index (χ1) is 12.1. The molecule has 2 atom stereocenters. The molecule has 29 heavy (non-hydrogen) atoms. The summed E-state index contributed by atoms with van der Waals surface area (Å²) in [4.78, 5) is 0. The van der Waals surface area contributed by atoms with Crippen LogP contribution in [-0.2, 0) is 0 Å². The minimum atomic E-state index is -6.94. The van der Waals surface area contributed by atoms with Gasteiger partial charge in [-0.2, -0.15) is 70.2 Å². The molecule has 18 heteroatoms. The maximum absolute atomic E-state index is 12.4. The molecule has 0 amide bonds. The fraction of sp³-hybridized carbons (Fsp3) is 1.00. The van der Waals surface area contributed by atoms with Crippen molar-refractivity contribution in [3.05, 3.63) is 0 Å². The van der Waals surface area contributed by atoms with Gasteiger partial charge >= 0.3 is 42.0 Å². The molecule has 0 heterocycles. The molecule has 0 aromatic carbocycles. The van der Waals surface area contributed by atoms with E-state index in [1.54, 1.807) is 0 Å². The van der Waals surface area contributed by atoms with Gasteiger partial charge in [-0.3, -0.25) is 0 Å². The van der Waals surface area contributed by atoms with Crippen LogP contribution in [0.2, 0.25) is 0 Å². The van der Waals surface area contributed by atoms with Crippen molar-refractivity contribution in [1.29, 1.82) is 0 Å². The third-order valence-electron chi connectivity index (χ3n) is 2.99. The van der Waals surface area contributed by atoms with Gasteiger partial charge < -0.3 is 10.2 Å². The van der Waals surface area contributed by atoms with Gasteiger partial charge in [0.05, 0.1) is 0 Å². The Morgan fingerprint density at radius 1 is 0.414 bits per heavy atom. The van der Waals surface area contributed by atoms with Crippen LogP contribution in [0, 0.1) is 0 Å². The van der Waals surface area contributed by atoms with Crippen molar-refractivity contribution in [2.45, 2.75) is 68.0 Å². The zero-order chi connectivity index (χ0) is 24.7. The van der Waals surface area contributed by atoms with Gasteiger partial charge in [0.15, 0.2) is 0 Å². The largest absolute Gasteiger partial charge is 0.460 e. The summed E-state index contributed by atoms with van der Waals surface area (Å²) in [6, 6.07) is 0. The average Bonchev–Trinajstić information content (AvgIpc) is 2.44. The molecule has 2 N–H and O–H groups in total. The quantitative estimate of drug-likeness (QED) is 0.545. The van der Waals surface area contributed by atoms with Crippen LogP contribution >= 0.6 is 0 Å². The molecule has 0 saturated carbocycles. The Kier molecular flexibility index (Phi) is 8.42. The molecule has 2 unspecified atom stereocenters. The molecule has 0 bridgehead atoms. The van der Waals surface area contributed by atoms with Crippen LogP contribution in [0.4, 0.5) is 70.2 Å². The van der Waals surface area contributed by atoms with Gasteiger partial charge in [0.2, 0.25) is 0 Å². The van der Waals surface area contributed by atoms with Gasteiger partial charge in [0.1, 0.15) is 12.2 Å².